The molecule has 4 N–H and O–H groups in total. The van der Waals surface area contributed by atoms with Gasteiger partial charge in [-0.25, -0.2) is 4.98 Å². The maximum Gasteiger partial charge on any atom is 0.128 e. The molecule has 1 aliphatic carbocycles. The number of rotatable bonds is 5. The molecule has 6 heteroatoms. The van der Waals surface area contributed by atoms with Crippen molar-refractivity contribution in [2.75, 3.05) is 23.8 Å². The van der Waals surface area contributed by atoms with Gasteiger partial charge >= 0.3 is 0 Å². The molecule has 1 saturated carbocycles. The van der Waals surface area contributed by atoms with Crippen molar-refractivity contribution in [3.8, 4) is 6.07 Å². The number of nitrogens with one attached hydrogen (secondary N) is 2. The van der Waals surface area contributed by atoms with E-state index in [1.807, 2.05) is 0 Å². The van der Waals surface area contributed by atoms with Crippen LogP contribution < -0.4 is 10.6 Å². The van der Waals surface area contributed by atoms with Gasteiger partial charge in [0.2, 0.25) is 0 Å². The number of nitrogens with zero attached hydrogens (tertiary/aromatic N) is 2. The molecular formula is C15H22N4O2. The molecule has 1 heterocycles. The molecule has 0 bridgehead atoms. The molecule has 1 aliphatic rings. The summed E-state index contributed by atoms with van der Waals surface area (Å²) in [7, 11) is 0. The quantitative estimate of drug-likeness (QED) is 0.652. The van der Waals surface area contributed by atoms with E-state index in [0.29, 0.717) is 30.3 Å². The lowest BCUT2D eigenvalue weighted by Gasteiger charge is -2.32. The standard InChI is InChI=1S/C15H22N4O2/c1-10-2-3-12(6-14(10)21)19-13-7-15(17-4-5-20)18-9-11(13)8-16/h7,9-10,12,14,20-21H,2-6H2,1H3,(H2,17,18,19)/t10-,12-,14-/m1/s1. The molecule has 114 valence electrons. The van der Waals surface area contributed by atoms with Crippen molar-refractivity contribution in [3.63, 3.8) is 0 Å². The number of nitriles is 1. The third-order valence-corrected chi connectivity index (χ3v) is 3.96. The average Bonchev–Trinajstić information content (AvgIpc) is 2.49. The first-order chi connectivity index (χ1) is 10.1. The first-order valence-corrected chi connectivity index (χ1v) is 7.33. The van der Waals surface area contributed by atoms with Gasteiger partial charge in [-0.2, -0.15) is 5.26 Å². The molecule has 0 saturated heterocycles. The van der Waals surface area contributed by atoms with Crippen molar-refractivity contribution in [1.82, 2.24) is 4.98 Å². The third kappa shape index (κ3) is 4.06. The van der Waals surface area contributed by atoms with Gasteiger partial charge in [0.1, 0.15) is 11.9 Å². The molecule has 0 spiro atoms. The zero-order chi connectivity index (χ0) is 15.2. The Labute approximate surface area is 124 Å². The van der Waals surface area contributed by atoms with Crippen LogP contribution in [0.25, 0.3) is 0 Å². The van der Waals surface area contributed by atoms with Gasteiger partial charge in [-0.1, -0.05) is 6.92 Å². The number of aromatic nitrogens is 1. The van der Waals surface area contributed by atoms with Crippen molar-refractivity contribution in [1.29, 1.82) is 5.26 Å². The average molecular weight is 290 g/mol. The second-order valence-corrected chi connectivity index (χ2v) is 5.58. The van der Waals surface area contributed by atoms with Crippen LogP contribution >= 0.6 is 0 Å². The first kappa shape index (κ1) is 15.5. The Bertz CT molecular complexity index is 515. The van der Waals surface area contributed by atoms with Crippen LogP contribution in [0.1, 0.15) is 31.7 Å². The van der Waals surface area contributed by atoms with Crippen LogP contribution in [-0.4, -0.2) is 40.5 Å². The minimum absolute atomic E-state index is 0.0249. The van der Waals surface area contributed by atoms with E-state index in [1.165, 1.54) is 6.20 Å². The fraction of sp³-hybridized carbons (Fsp3) is 0.600. The van der Waals surface area contributed by atoms with Crippen molar-refractivity contribution >= 4 is 11.5 Å². The molecule has 3 atom stereocenters. The molecule has 0 radical (unpaired) electrons. The van der Waals surface area contributed by atoms with Crippen molar-refractivity contribution in [2.24, 2.45) is 5.92 Å². The van der Waals surface area contributed by atoms with Gasteiger partial charge < -0.3 is 20.8 Å². The minimum atomic E-state index is -0.296. The van der Waals surface area contributed by atoms with Gasteiger partial charge in [0.05, 0.1) is 24.0 Å². The normalized spacial score (nSPS) is 25.1. The van der Waals surface area contributed by atoms with E-state index in [0.717, 1.165) is 18.5 Å². The Morgan fingerprint density at radius 2 is 2.29 bits per heavy atom. The minimum Gasteiger partial charge on any atom is -0.395 e. The van der Waals surface area contributed by atoms with Gasteiger partial charge in [-0.15, -0.1) is 0 Å². The van der Waals surface area contributed by atoms with Crippen LogP contribution in [0, 0.1) is 17.2 Å². The highest BCUT2D eigenvalue weighted by atomic mass is 16.3. The molecule has 21 heavy (non-hydrogen) atoms. The van der Waals surface area contributed by atoms with E-state index in [4.69, 9.17) is 10.4 Å². The molecule has 1 aromatic rings. The number of aliphatic hydroxyl groups is 2. The number of pyridine rings is 1. The largest absolute Gasteiger partial charge is 0.395 e. The first-order valence-electron chi connectivity index (χ1n) is 7.33. The molecule has 1 fully saturated rings. The van der Waals surface area contributed by atoms with Crippen LogP contribution in [0.5, 0.6) is 0 Å². The van der Waals surface area contributed by atoms with Crippen LogP contribution in [0.15, 0.2) is 12.3 Å². The SMILES string of the molecule is C[C@@H]1CC[C@@H](Nc2cc(NCCO)ncc2C#N)C[C@H]1O. The smallest absolute Gasteiger partial charge is 0.128 e. The van der Waals surface area contributed by atoms with Crippen molar-refractivity contribution < 1.29 is 10.2 Å². The number of hydrogen-bond acceptors (Lipinski definition) is 6. The van der Waals surface area contributed by atoms with Gasteiger partial charge in [-0.05, 0) is 25.2 Å². The summed E-state index contributed by atoms with van der Waals surface area (Å²) in [6.07, 6.45) is 3.86. The monoisotopic (exact) mass is 290 g/mol. The maximum atomic E-state index is 9.97. The summed E-state index contributed by atoms with van der Waals surface area (Å²) >= 11 is 0. The molecule has 0 aliphatic heterocycles. The Hall–Kier alpha value is -1.84. The van der Waals surface area contributed by atoms with Crippen LogP contribution in [0.4, 0.5) is 11.5 Å². The van der Waals surface area contributed by atoms with E-state index < -0.39 is 0 Å². The summed E-state index contributed by atoms with van der Waals surface area (Å²) in [5.74, 6) is 0.952. The van der Waals surface area contributed by atoms with E-state index >= 15 is 0 Å². The lowest BCUT2D eigenvalue weighted by atomic mass is 9.84. The predicted molar refractivity (Wildman–Crippen MR) is 81.0 cm³/mol. The highest BCUT2D eigenvalue weighted by Gasteiger charge is 2.26. The second-order valence-electron chi connectivity index (χ2n) is 5.58. The molecule has 6 nitrogen and oxygen atoms in total. The molecule has 0 amide bonds. The lowest BCUT2D eigenvalue weighted by molar-refractivity contribution is 0.0740. The summed E-state index contributed by atoms with van der Waals surface area (Å²) in [6.45, 7) is 2.50. The highest BCUT2D eigenvalue weighted by molar-refractivity contribution is 5.62. The van der Waals surface area contributed by atoms with Gasteiger partial charge in [-0.3, -0.25) is 0 Å². The Kier molecular flexibility index (Phi) is 5.37. The summed E-state index contributed by atoms with van der Waals surface area (Å²) in [6, 6.07) is 4.06. The van der Waals surface area contributed by atoms with E-state index in [-0.39, 0.29) is 18.8 Å². The molecule has 0 aromatic carbocycles. The van der Waals surface area contributed by atoms with E-state index in [1.54, 1.807) is 6.07 Å². The van der Waals surface area contributed by atoms with E-state index in [2.05, 4.69) is 28.6 Å². The van der Waals surface area contributed by atoms with E-state index in [9.17, 15) is 5.11 Å². The predicted octanol–water partition coefficient (Wildman–Crippen LogP) is 1.32. The lowest BCUT2D eigenvalue weighted by Crippen LogP contribution is -2.35. The topological polar surface area (TPSA) is 101 Å². The fourth-order valence-electron chi connectivity index (χ4n) is 2.59. The highest BCUT2D eigenvalue weighted by Crippen LogP contribution is 2.28. The Morgan fingerprint density at radius 3 is 2.95 bits per heavy atom. The van der Waals surface area contributed by atoms with Gasteiger partial charge in [0, 0.05) is 24.8 Å². The summed E-state index contributed by atoms with van der Waals surface area (Å²) in [4.78, 5) is 4.13. The van der Waals surface area contributed by atoms with Gasteiger partial charge in [0.25, 0.3) is 0 Å². The number of hydrogen-bond donors (Lipinski definition) is 4. The molecule has 2 rings (SSSR count). The summed E-state index contributed by atoms with van der Waals surface area (Å²) in [5, 5.41) is 34.3. The second kappa shape index (κ2) is 7.25. The van der Waals surface area contributed by atoms with Crippen molar-refractivity contribution in [3.05, 3.63) is 17.8 Å². The summed E-state index contributed by atoms with van der Waals surface area (Å²) in [5.41, 5.74) is 1.21. The Morgan fingerprint density at radius 1 is 1.48 bits per heavy atom. The van der Waals surface area contributed by atoms with Gasteiger partial charge in [0.15, 0.2) is 0 Å². The van der Waals surface area contributed by atoms with Crippen LogP contribution in [-0.2, 0) is 0 Å². The molecule has 1 aromatic heterocycles. The Balaban J connectivity index is 2.08. The maximum absolute atomic E-state index is 9.97. The van der Waals surface area contributed by atoms with Crippen LogP contribution in [0.3, 0.4) is 0 Å². The van der Waals surface area contributed by atoms with Crippen molar-refractivity contribution in [2.45, 2.75) is 38.3 Å². The van der Waals surface area contributed by atoms with Crippen LogP contribution in [0.2, 0.25) is 0 Å². The zero-order valence-electron chi connectivity index (χ0n) is 12.2. The number of anilines is 2. The molecule has 0 unspecified atom stereocenters. The summed E-state index contributed by atoms with van der Waals surface area (Å²) < 4.78 is 0. The zero-order valence-corrected chi connectivity index (χ0v) is 12.2. The number of aliphatic hydroxyl groups excluding tert-OH is 2. The fourth-order valence-corrected chi connectivity index (χ4v) is 2.59. The third-order valence-electron chi connectivity index (χ3n) is 3.96. The molecular weight excluding hydrogens is 268 g/mol.